The van der Waals surface area contributed by atoms with Crippen molar-refractivity contribution in [1.82, 2.24) is 10.6 Å². The molecule has 1 aromatic rings. The minimum absolute atomic E-state index is 0.0165. The monoisotopic (exact) mass is 291 g/mol. The predicted octanol–water partition coefficient (Wildman–Crippen LogP) is 1.21. The molecule has 5 nitrogen and oxygen atoms in total. The molecule has 5 heteroatoms. The molecule has 1 aromatic carbocycles. The maximum atomic E-state index is 12.0. The molecular formula is C16H25N3O2. The van der Waals surface area contributed by atoms with Gasteiger partial charge in [0.15, 0.2) is 0 Å². The Kier molecular flexibility index (Phi) is 6.88. The molecule has 0 saturated carbocycles. The van der Waals surface area contributed by atoms with Crippen LogP contribution in [0.4, 0.5) is 0 Å². The highest BCUT2D eigenvalue weighted by Crippen LogP contribution is 2.18. The lowest BCUT2D eigenvalue weighted by Crippen LogP contribution is -2.42. The van der Waals surface area contributed by atoms with Gasteiger partial charge >= 0.3 is 0 Å². The van der Waals surface area contributed by atoms with E-state index in [1.165, 1.54) is 0 Å². The van der Waals surface area contributed by atoms with Crippen molar-refractivity contribution in [2.75, 3.05) is 13.1 Å². The molecule has 2 atom stereocenters. The maximum Gasteiger partial charge on any atom is 0.239 e. The van der Waals surface area contributed by atoms with Crippen LogP contribution in [0.15, 0.2) is 30.3 Å². The average molecular weight is 291 g/mol. The second kappa shape index (κ2) is 8.42. The molecule has 0 fully saturated rings. The van der Waals surface area contributed by atoms with Gasteiger partial charge in [0, 0.05) is 12.6 Å². The summed E-state index contributed by atoms with van der Waals surface area (Å²) in [5.74, 6) is -0.413. The minimum Gasteiger partial charge on any atom is -0.354 e. The van der Waals surface area contributed by atoms with E-state index in [9.17, 15) is 9.59 Å². The zero-order valence-electron chi connectivity index (χ0n) is 12.9. The maximum absolute atomic E-state index is 12.0. The zero-order valence-corrected chi connectivity index (χ0v) is 12.9. The third-order valence-corrected chi connectivity index (χ3v) is 3.27. The van der Waals surface area contributed by atoms with E-state index < -0.39 is 5.92 Å². The number of rotatable bonds is 7. The number of hydrogen-bond acceptors (Lipinski definition) is 3. The Morgan fingerprint density at radius 3 is 2.29 bits per heavy atom. The molecule has 0 aliphatic heterocycles. The summed E-state index contributed by atoms with van der Waals surface area (Å²) in [6, 6.07) is 9.08. The van der Waals surface area contributed by atoms with Crippen LogP contribution in [0.3, 0.4) is 0 Å². The Morgan fingerprint density at radius 1 is 1.10 bits per heavy atom. The summed E-state index contributed by atoms with van der Waals surface area (Å²) in [5, 5.41) is 5.38. The van der Waals surface area contributed by atoms with Crippen LogP contribution >= 0.6 is 0 Å². The van der Waals surface area contributed by atoms with Gasteiger partial charge < -0.3 is 16.4 Å². The van der Waals surface area contributed by atoms with E-state index in [0.717, 1.165) is 5.56 Å². The fraction of sp³-hybridized carbons (Fsp3) is 0.500. The molecule has 0 bridgehead atoms. The fourth-order valence-electron chi connectivity index (χ4n) is 1.84. The van der Waals surface area contributed by atoms with Gasteiger partial charge in [0.05, 0.1) is 12.5 Å². The second-order valence-electron chi connectivity index (χ2n) is 5.64. The third-order valence-electron chi connectivity index (χ3n) is 3.27. The molecule has 0 aliphatic carbocycles. The van der Waals surface area contributed by atoms with Crippen LogP contribution in [0.25, 0.3) is 0 Å². The van der Waals surface area contributed by atoms with Gasteiger partial charge in [0.1, 0.15) is 0 Å². The standard InChI is InChI=1S/C16H25N3O2/c1-11(2)9-18-14(20)10-19-16(21)12(3)15(17)13-7-5-4-6-8-13/h4-8,11-12,15H,9-10,17H2,1-3H3,(H,18,20)(H,19,21). The van der Waals surface area contributed by atoms with E-state index in [1.54, 1.807) is 6.92 Å². The summed E-state index contributed by atoms with van der Waals surface area (Å²) in [6.45, 7) is 6.38. The lowest BCUT2D eigenvalue weighted by Gasteiger charge is -2.19. The molecule has 116 valence electrons. The van der Waals surface area contributed by atoms with Crippen LogP contribution in [-0.2, 0) is 9.59 Å². The van der Waals surface area contributed by atoms with Crippen LogP contribution in [0.5, 0.6) is 0 Å². The van der Waals surface area contributed by atoms with Gasteiger partial charge in [-0.1, -0.05) is 51.1 Å². The van der Waals surface area contributed by atoms with Gasteiger partial charge in [-0.25, -0.2) is 0 Å². The summed E-state index contributed by atoms with van der Waals surface area (Å²) in [6.07, 6.45) is 0. The van der Waals surface area contributed by atoms with Gasteiger partial charge in [-0.3, -0.25) is 9.59 Å². The van der Waals surface area contributed by atoms with Crippen molar-refractivity contribution < 1.29 is 9.59 Å². The smallest absolute Gasteiger partial charge is 0.239 e. The SMILES string of the molecule is CC(C)CNC(=O)CNC(=O)C(C)C(N)c1ccccc1. The fourth-order valence-corrected chi connectivity index (χ4v) is 1.84. The molecule has 0 radical (unpaired) electrons. The van der Waals surface area contributed by atoms with E-state index in [2.05, 4.69) is 10.6 Å². The number of nitrogens with one attached hydrogen (secondary N) is 2. The predicted molar refractivity (Wildman–Crippen MR) is 83.4 cm³/mol. The molecule has 4 N–H and O–H groups in total. The van der Waals surface area contributed by atoms with E-state index in [4.69, 9.17) is 5.73 Å². The number of hydrogen-bond donors (Lipinski definition) is 3. The van der Waals surface area contributed by atoms with Crippen molar-refractivity contribution in [2.24, 2.45) is 17.6 Å². The van der Waals surface area contributed by atoms with Crippen molar-refractivity contribution >= 4 is 11.8 Å². The Balaban J connectivity index is 2.42. The van der Waals surface area contributed by atoms with Crippen LogP contribution in [0, 0.1) is 11.8 Å². The van der Waals surface area contributed by atoms with Gasteiger partial charge in [-0.15, -0.1) is 0 Å². The highest BCUT2D eigenvalue weighted by molar-refractivity contribution is 5.86. The third kappa shape index (κ3) is 5.95. The number of nitrogens with two attached hydrogens (primary N) is 1. The Bertz CT molecular complexity index is 460. The van der Waals surface area contributed by atoms with Gasteiger partial charge in [0.25, 0.3) is 0 Å². The number of carbonyl (C=O) groups excluding carboxylic acids is 2. The summed E-state index contributed by atoms with van der Waals surface area (Å²) >= 11 is 0. The van der Waals surface area contributed by atoms with Crippen molar-refractivity contribution in [2.45, 2.75) is 26.8 Å². The Labute approximate surface area is 126 Å². The summed E-state index contributed by atoms with van der Waals surface area (Å²) in [4.78, 5) is 23.6. The molecule has 0 spiro atoms. The molecule has 2 unspecified atom stereocenters. The van der Waals surface area contributed by atoms with Crippen molar-refractivity contribution in [1.29, 1.82) is 0 Å². The lowest BCUT2D eigenvalue weighted by atomic mass is 9.95. The highest BCUT2D eigenvalue weighted by Gasteiger charge is 2.22. The van der Waals surface area contributed by atoms with Gasteiger partial charge in [-0.2, -0.15) is 0 Å². The molecule has 1 rings (SSSR count). The van der Waals surface area contributed by atoms with Gasteiger partial charge in [-0.05, 0) is 11.5 Å². The van der Waals surface area contributed by atoms with Gasteiger partial charge in [0.2, 0.25) is 11.8 Å². The second-order valence-corrected chi connectivity index (χ2v) is 5.64. The molecule has 2 amide bonds. The summed E-state index contributed by atoms with van der Waals surface area (Å²) in [5.41, 5.74) is 6.99. The summed E-state index contributed by atoms with van der Waals surface area (Å²) in [7, 11) is 0. The molecule has 0 aliphatic rings. The van der Waals surface area contributed by atoms with Crippen LogP contribution in [-0.4, -0.2) is 24.9 Å². The molecule has 0 heterocycles. The lowest BCUT2D eigenvalue weighted by molar-refractivity contribution is -0.128. The normalized spacial score (nSPS) is 13.6. The highest BCUT2D eigenvalue weighted by atomic mass is 16.2. The first kappa shape index (κ1) is 17.2. The average Bonchev–Trinajstić information content (AvgIpc) is 2.49. The molecule has 0 aromatic heterocycles. The Morgan fingerprint density at radius 2 is 1.71 bits per heavy atom. The first-order chi connectivity index (χ1) is 9.91. The zero-order chi connectivity index (χ0) is 15.8. The molecular weight excluding hydrogens is 266 g/mol. The van der Waals surface area contributed by atoms with Crippen molar-refractivity contribution in [3.63, 3.8) is 0 Å². The molecule has 21 heavy (non-hydrogen) atoms. The van der Waals surface area contributed by atoms with E-state index in [-0.39, 0.29) is 24.4 Å². The van der Waals surface area contributed by atoms with Crippen LogP contribution in [0.1, 0.15) is 32.4 Å². The summed E-state index contributed by atoms with van der Waals surface area (Å²) < 4.78 is 0. The van der Waals surface area contributed by atoms with Crippen LogP contribution < -0.4 is 16.4 Å². The number of carbonyl (C=O) groups is 2. The first-order valence-corrected chi connectivity index (χ1v) is 7.26. The van der Waals surface area contributed by atoms with E-state index in [0.29, 0.717) is 12.5 Å². The van der Waals surface area contributed by atoms with Crippen molar-refractivity contribution in [3.8, 4) is 0 Å². The van der Waals surface area contributed by atoms with Crippen molar-refractivity contribution in [3.05, 3.63) is 35.9 Å². The van der Waals surface area contributed by atoms with E-state index in [1.807, 2.05) is 44.2 Å². The molecule has 0 saturated heterocycles. The Hall–Kier alpha value is -1.88. The minimum atomic E-state index is -0.398. The quantitative estimate of drug-likeness (QED) is 0.706. The number of benzene rings is 1. The van der Waals surface area contributed by atoms with Crippen LogP contribution in [0.2, 0.25) is 0 Å². The largest absolute Gasteiger partial charge is 0.354 e. The van der Waals surface area contributed by atoms with E-state index >= 15 is 0 Å². The first-order valence-electron chi connectivity index (χ1n) is 7.26. The topological polar surface area (TPSA) is 84.2 Å². The number of amides is 2.